The van der Waals surface area contributed by atoms with Crippen molar-refractivity contribution in [1.29, 1.82) is 0 Å². The van der Waals surface area contributed by atoms with Gasteiger partial charge in [-0.3, -0.25) is 0 Å². The summed E-state index contributed by atoms with van der Waals surface area (Å²) < 4.78 is 23.3. The second-order valence-corrected chi connectivity index (χ2v) is 6.98. The fraction of sp³-hybridized carbons (Fsp3) is 0.632. The largest absolute Gasteiger partial charge is 0.487 e. The lowest BCUT2D eigenvalue weighted by atomic mass is 9.99. The summed E-state index contributed by atoms with van der Waals surface area (Å²) in [6.45, 7) is 2.78. The third-order valence-corrected chi connectivity index (χ3v) is 5.32. The first-order chi connectivity index (χ1) is 12.3. The standard InChI is InChI=1S/C19H26N2O4.ClH/c1-22-14-4-2-5-15(14)24-16-6-3-7-17-18(16)19(21-25-17)23-12-13-8-10-20-11-9-13;/h3,6-7,13-15,20H,2,4-5,8-12H2,1H3;1H/t14-,15+;/m0./s1. The molecule has 1 saturated carbocycles. The van der Waals surface area contributed by atoms with Gasteiger partial charge < -0.3 is 24.1 Å². The van der Waals surface area contributed by atoms with Crippen molar-refractivity contribution in [2.45, 2.75) is 44.3 Å². The Kier molecular flexibility index (Phi) is 6.62. The zero-order valence-corrected chi connectivity index (χ0v) is 15.9. The van der Waals surface area contributed by atoms with Gasteiger partial charge in [-0.15, -0.1) is 12.4 Å². The summed E-state index contributed by atoms with van der Waals surface area (Å²) in [6, 6.07) is 5.78. The topological polar surface area (TPSA) is 65.8 Å². The maximum atomic E-state index is 6.27. The highest BCUT2D eigenvalue weighted by molar-refractivity contribution is 5.88. The Morgan fingerprint density at radius 3 is 2.77 bits per heavy atom. The lowest BCUT2D eigenvalue weighted by Crippen LogP contribution is -2.30. The number of benzene rings is 1. The molecule has 1 saturated heterocycles. The normalized spacial score (nSPS) is 23.7. The van der Waals surface area contributed by atoms with Crippen LogP contribution < -0.4 is 14.8 Å². The van der Waals surface area contributed by atoms with E-state index in [1.54, 1.807) is 7.11 Å². The van der Waals surface area contributed by atoms with E-state index >= 15 is 0 Å². The molecule has 0 amide bonds. The van der Waals surface area contributed by atoms with Gasteiger partial charge in [0, 0.05) is 7.11 Å². The Hall–Kier alpha value is -1.50. The van der Waals surface area contributed by atoms with Gasteiger partial charge in [0.05, 0.1) is 12.7 Å². The molecule has 1 N–H and O–H groups in total. The second kappa shape index (κ2) is 8.93. The molecule has 0 bridgehead atoms. The first-order valence-electron chi connectivity index (χ1n) is 9.26. The van der Waals surface area contributed by atoms with Crippen molar-refractivity contribution in [3.63, 3.8) is 0 Å². The molecule has 2 aromatic rings. The number of hydrogen-bond donors (Lipinski definition) is 1. The van der Waals surface area contributed by atoms with E-state index in [9.17, 15) is 0 Å². The zero-order chi connectivity index (χ0) is 17.1. The van der Waals surface area contributed by atoms with E-state index in [1.165, 1.54) is 0 Å². The summed E-state index contributed by atoms with van der Waals surface area (Å²) in [7, 11) is 1.75. The van der Waals surface area contributed by atoms with Crippen molar-refractivity contribution in [3.8, 4) is 11.6 Å². The van der Waals surface area contributed by atoms with Crippen molar-refractivity contribution in [3.05, 3.63) is 18.2 Å². The first-order valence-corrected chi connectivity index (χ1v) is 9.26. The number of halogens is 1. The minimum atomic E-state index is 0. The van der Waals surface area contributed by atoms with E-state index in [1.807, 2.05) is 18.2 Å². The number of piperidine rings is 1. The van der Waals surface area contributed by atoms with Gasteiger partial charge in [-0.2, -0.15) is 0 Å². The summed E-state index contributed by atoms with van der Waals surface area (Å²) in [5.41, 5.74) is 0.699. The van der Waals surface area contributed by atoms with Gasteiger partial charge in [0.15, 0.2) is 5.58 Å². The molecule has 0 radical (unpaired) electrons. The van der Waals surface area contributed by atoms with E-state index in [2.05, 4.69) is 10.5 Å². The molecule has 1 aromatic carbocycles. The predicted molar refractivity (Wildman–Crippen MR) is 101 cm³/mol. The molecule has 4 rings (SSSR count). The van der Waals surface area contributed by atoms with Crippen LogP contribution in [0.2, 0.25) is 0 Å². The van der Waals surface area contributed by atoms with Crippen LogP contribution in [0.5, 0.6) is 11.6 Å². The molecule has 1 aromatic heterocycles. The predicted octanol–water partition coefficient (Wildman–Crippen LogP) is 3.57. The van der Waals surface area contributed by atoms with Gasteiger partial charge in [0.25, 0.3) is 5.88 Å². The van der Waals surface area contributed by atoms with E-state index in [4.69, 9.17) is 18.7 Å². The molecule has 2 heterocycles. The Labute approximate surface area is 159 Å². The third-order valence-electron chi connectivity index (χ3n) is 5.32. The van der Waals surface area contributed by atoms with Gasteiger partial charge in [0.1, 0.15) is 17.2 Å². The number of aromatic nitrogens is 1. The fourth-order valence-corrected chi connectivity index (χ4v) is 3.84. The van der Waals surface area contributed by atoms with E-state index in [0.29, 0.717) is 24.0 Å². The molecule has 2 atom stereocenters. The third kappa shape index (κ3) is 4.08. The van der Waals surface area contributed by atoms with Crippen LogP contribution in [0.4, 0.5) is 0 Å². The number of nitrogens with zero attached hydrogens (tertiary/aromatic N) is 1. The van der Waals surface area contributed by atoms with Crippen LogP contribution in [0.3, 0.4) is 0 Å². The van der Waals surface area contributed by atoms with Gasteiger partial charge in [-0.1, -0.05) is 6.07 Å². The highest BCUT2D eigenvalue weighted by Crippen LogP contribution is 2.36. The number of hydrogen-bond acceptors (Lipinski definition) is 6. The molecule has 6 nitrogen and oxygen atoms in total. The Morgan fingerprint density at radius 2 is 1.96 bits per heavy atom. The summed E-state index contributed by atoms with van der Waals surface area (Å²) in [6.07, 6.45) is 5.66. The highest BCUT2D eigenvalue weighted by Gasteiger charge is 2.30. The van der Waals surface area contributed by atoms with Gasteiger partial charge in [-0.25, -0.2) is 0 Å². The molecule has 1 aliphatic heterocycles. The Balaban J connectivity index is 0.00000196. The van der Waals surface area contributed by atoms with Gasteiger partial charge in [-0.05, 0) is 68.4 Å². The van der Waals surface area contributed by atoms with Crippen molar-refractivity contribution in [2.24, 2.45) is 5.92 Å². The van der Waals surface area contributed by atoms with Crippen LogP contribution in [0.1, 0.15) is 32.1 Å². The monoisotopic (exact) mass is 382 g/mol. The summed E-state index contributed by atoms with van der Waals surface area (Å²) in [5.74, 6) is 1.87. The van der Waals surface area contributed by atoms with E-state index < -0.39 is 0 Å². The van der Waals surface area contributed by atoms with E-state index in [-0.39, 0.29) is 24.6 Å². The number of ether oxygens (including phenoxy) is 3. The first kappa shape index (κ1) is 19.3. The summed E-state index contributed by atoms with van der Waals surface area (Å²) in [5, 5.41) is 8.34. The molecule has 1 aliphatic carbocycles. The zero-order valence-electron chi connectivity index (χ0n) is 15.1. The number of methoxy groups -OCH3 is 1. The Bertz CT molecular complexity index is 702. The molecule has 7 heteroatoms. The smallest absolute Gasteiger partial charge is 0.265 e. The minimum absolute atomic E-state index is 0. The Morgan fingerprint density at radius 1 is 1.15 bits per heavy atom. The SMILES string of the molecule is CO[C@H]1CCC[C@H]1Oc1cccc2onc(OCC3CCNCC3)c12.Cl. The molecule has 0 spiro atoms. The minimum Gasteiger partial charge on any atom is -0.487 e. The van der Waals surface area contributed by atoms with Crippen LogP contribution in [-0.4, -0.2) is 44.2 Å². The molecular formula is C19H27ClN2O4. The molecule has 2 fully saturated rings. The van der Waals surface area contributed by atoms with Crippen LogP contribution in [-0.2, 0) is 4.74 Å². The molecule has 26 heavy (non-hydrogen) atoms. The molecule has 2 aliphatic rings. The van der Waals surface area contributed by atoms with Gasteiger partial charge in [0.2, 0.25) is 0 Å². The van der Waals surface area contributed by atoms with Crippen LogP contribution in [0, 0.1) is 5.92 Å². The van der Waals surface area contributed by atoms with Crippen LogP contribution in [0.25, 0.3) is 11.0 Å². The lowest BCUT2D eigenvalue weighted by molar-refractivity contribution is 0.0235. The molecule has 144 valence electrons. The average molecular weight is 383 g/mol. The van der Waals surface area contributed by atoms with Crippen molar-refractivity contribution in [1.82, 2.24) is 10.5 Å². The lowest BCUT2D eigenvalue weighted by Gasteiger charge is -2.22. The van der Waals surface area contributed by atoms with Gasteiger partial charge >= 0.3 is 0 Å². The van der Waals surface area contributed by atoms with Crippen molar-refractivity contribution < 1.29 is 18.7 Å². The van der Waals surface area contributed by atoms with Crippen molar-refractivity contribution >= 4 is 23.4 Å². The molecular weight excluding hydrogens is 356 g/mol. The maximum Gasteiger partial charge on any atom is 0.265 e. The number of fused-ring (bicyclic) bond motifs is 1. The van der Waals surface area contributed by atoms with Crippen LogP contribution >= 0.6 is 12.4 Å². The average Bonchev–Trinajstić information content (AvgIpc) is 3.28. The van der Waals surface area contributed by atoms with Crippen molar-refractivity contribution in [2.75, 3.05) is 26.8 Å². The molecule has 0 unspecified atom stereocenters. The highest BCUT2D eigenvalue weighted by atomic mass is 35.5. The van der Waals surface area contributed by atoms with Crippen LogP contribution in [0.15, 0.2) is 22.7 Å². The second-order valence-electron chi connectivity index (χ2n) is 6.98. The van der Waals surface area contributed by atoms with E-state index in [0.717, 1.165) is 56.3 Å². The number of nitrogens with one attached hydrogen (secondary N) is 1. The summed E-state index contributed by atoms with van der Waals surface area (Å²) >= 11 is 0. The number of rotatable bonds is 6. The maximum absolute atomic E-state index is 6.27. The summed E-state index contributed by atoms with van der Waals surface area (Å²) in [4.78, 5) is 0. The fourth-order valence-electron chi connectivity index (χ4n) is 3.84. The quantitative estimate of drug-likeness (QED) is 0.823.